The molecule has 1 aromatic heterocycles. The summed E-state index contributed by atoms with van der Waals surface area (Å²) in [6.45, 7) is 0. The maximum absolute atomic E-state index is 10.2. The molecule has 5 heteroatoms. The molecule has 0 saturated heterocycles. The van der Waals surface area contributed by atoms with Crippen molar-refractivity contribution in [3.63, 3.8) is 0 Å². The van der Waals surface area contributed by atoms with Crippen molar-refractivity contribution in [2.75, 3.05) is 12.8 Å². The molecule has 0 aliphatic carbocycles. The summed E-state index contributed by atoms with van der Waals surface area (Å²) >= 11 is 7.17. The third-order valence-electron chi connectivity index (χ3n) is 2.48. The van der Waals surface area contributed by atoms with Gasteiger partial charge in [0.15, 0.2) is 0 Å². The number of para-hydroxylation sites is 1. The standard InChI is InChI=1S/C12H12ClNO2S/c1-16-8-4-2-3-7(11(8)14)12(15)9-5-6-10(13)17-9/h2-6,12,15H,14H2,1H3. The Labute approximate surface area is 108 Å². The van der Waals surface area contributed by atoms with E-state index in [-0.39, 0.29) is 0 Å². The van der Waals surface area contributed by atoms with Gasteiger partial charge in [0.05, 0.1) is 17.1 Å². The number of hydrogen-bond donors (Lipinski definition) is 2. The van der Waals surface area contributed by atoms with Crippen molar-refractivity contribution in [1.29, 1.82) is 0 Å². The highest BCUT2D eigenvalue weighted by molar-refractivity contribution is 7.16. The van der Waals surface area contributed by atoms with Crippen LogP contribution in [0.15, 0.2) is 30.3 Å². The fourth-order valence-electron chi connectivity index (χ4n) is 1.61. The van der Waals surface area contributed by atoms with Crippen LogP contribution in [0, 0.1) is 0 Å². The summed E-state index contributed by atoms with van der Waals surface area (Å²) in [5, 5.41) is 10.2. The van der Waals surface area contributed by atoms with E-state index in [0.29, 0.717) is 21.3 Å². The largest absolute Gasteiger partial charge is 0.495 e. The minimum atomic E-state index is -0.775. The van der Waals surface area contributed by atoms with Gasteiger partial charge in [0, 0.05) is 10.4 Å². The number of thiophene rings is 1. The van der Waals surface area contributed by atoms with Gasteiger partial charge in [0.2, 0.25) is 0 Å². The fourth-order valence-corrected chi connectivity index (χ4v) is 2.67. The molecule has 0 bridgehead atoms. The topological polar surface area (TPSA) is 55.5 Å². The lowest BCUT2D eigenvalue weighted by Crippen LogP contribution is -2.03. The Balaban J connectivity index is 2.40. The monoisotopic (exact) mass is 269 g/mol. The quantitative estimate of drug-likeness (QED) is 0.842. The van der Waals surface area contributed by atoms with Crippen LogP contribution in [-0.4, -0.2) is 12.2 Å². The van der Waals surface area contributed by atoms with Crippen molar-refractivity contribution in [2.45, 2.75) is 6.10 Å². The number of ether oxygens (including phenoxy) is 1. The molecule has 0 radical (unpaired) electrons. The van der Waals surface area contributed by atoms with E-state index >= 15 is 0 Å². The molecule has 1 heterocycles. The Morgan fingerprint density at radius 1 is 1.35 bits per heavy atom. The van der Waals surface area contributed by atoms with Gasteiger partial charge in [0.1, 0.15) is 11.9 Å². The number of hydrogen-bond acceptors (Lipinski definition) is 4. The molecule has 90 valence electrons. The SMILES string of the molecule is COc1cccc(C(O)c2ccc(Cl)s2)c1N. The van der Waals surface area contributed by atoms with E-state index in [1.165, 1.54) is 11.3 Å². The van der Waals surface area contributed by atoms with Crippen LogP contribution in [0.25, 0.3) is 0 Å². The summed E-state index contributed by atoms with van der Waals surface area (Å²) in [6.07, 6.45) is -0.775. The first-order valence-corrected chi connectivity index (χ1v) is 6.18. The lowest BCUT2D eigenvalue weighted by atomic mass is 10.1. The fraction of sp³-hybridized carbons (Fsp3) is 0.167. The van der Waals surface area contributed by atoms with Gasteiger partial charge in [0.25, 0.3) is 0 Å². The van der Waals surface area contributed by atoms with E-state index in [1.807, 2.05) is 0 Å². The number of benzene rings is 1. The number of aliphatic hydroxyl groups excluding tert-OH is 1. The number of anilines is 1. The number of rotatable bonds is 3. The smallest absolute Gasteiger partial charge is 0.142 e. The Kier molecular flexibility index (Phi) is 3.57. The second kappa shape index (κ2) is 4.96. The molecule has 0 fully saturated rings. The molecule has 3 nitrogen and oxygen atoms in total. The molecule has 2 aromatic rings. The molecule has 0 saturated carbocycles. The Bertz CT molecular complexity index is 527. The Morgan fingerprint density at radius 2 is 2.12 bits per heavy atom. The summed E-state index contributed by atoms with van der Waals surface area (Å²) in [5.41, 5.74) is 7.00. The van der Waals surface area contributed by atoms with Crippen LogP contribution in [0.4, 0.5) is 5.69 Å². The van der Waals surface area contributed by atoms with Gasteiger partial charge in [-0.25, -0.2) is 0 Å². The van der Waals surface area contributed by atoms with Gasteiger partial charge in [-0.1, -0.05) is 23.7 Å². The highest BCUT2D eigenvalue weighted by atomic mass is 35.5. The summed E-state index contributed by atoms with van der Waals surface area (Å²) in [6, 6.07) is 8.86. The first kappa shape index (κ1) is 12.2. The molecular formula is C12H12ClNO2S. The second-order valence-corrected chi connectivity index (χ2v) is 5.25. The molecule has 0 spiro atoms. The van der Waals surface area contributed by atoms with Gasteiger partial charge in [-0.3, -0.25) is 0 Å². The van der Waals surface area contributed by atoms with Crippen molar-refractivity contribution < 1.29 is 9.84 Å². The van der Waals surface area contributed by atoms with Crippen LogP contribution in [-0.2, 0) is 0 Å². The van der Waals surface area contributed by atoms with Crippen LogP contribution in [0.1, 0.15) is 16.5 Å². The van der Waals surface area contributed by atoms with Crippen molar-refractivity contribution in [1.82, 2.24) is 0 Å². The van der Waals surface area contributed by atoms with Crippen molar-refractivity contribution in [3.8, 4) is 5.75 Å². The van der Waals surface area contributed by atoms with Gasteiger partial charge in [-0.05, 0) is 18.2 Å². The maximum Gasteiger partial charge on any atom is 0.142 e. The molecule has 1 aromatic carbocycles. The maximum atomic E-state index is 10.2. The van der Waals surface area contributed by atoms with Crippen molar-refractivity contribution in [2.24, 2.45) is 0 Å². The molecule has 0 aliphatic rings. The molecule has 3 N–H and O–H groups in total. The van der Waals surface area contributed by atoms with Crippen LogP contribution >= 0.6 is 22.9 Å². The third kappa shape index (κ3) is 2.39. The van der Waals surface area contributed by atoms with Crippen molar-refractivity contribution in [3.05, 3.63) is 45.1 Å². The highest BCUT2D eigenvalue weighted by Crippen LogP contribution is 2.36. The molecule has 0 aliphatic heterocycles. The molecule has 1 unspecified atom stereocenters. The minimum Gasteiger partial charge on any atom is -0.495 e. The van der Waals surface area contributed by atoms with Gasteiger partial charge >= 0.3 is 0 Å². The normalized spacial score (nSPS) is 12.4. The van der Waals surface area contributed by atoms with E-state index in [0.717, 1.165) is 4.88 Å². The van der Waals surface area contributed by atoms with E-state index < -0.39 is 6.10 Å². The first-order chi connectivity index (χ1) is 8.13. The molecule has 1 atom stereocenters. The summed E-state index contributed by atoms with van der Waals surface area (Å²) in [5.74, 6) is 0.559. The van der Waals surface area contributed by atoms with Crippen LogP contribution in [0.5, 0.6) is 5.75 Å². The molecule has 2 rings (SSSR count). The number of aliphatic hydroxyl groups is 1. The zero-order chi connectivity index (χ0) is 12.4. The number of nitrogen functional groups attached to an aromatic ring is 1. The molecule has 17 heavy (non-hydrogen) atoms. The lowest BCUT2D eigenvalue weighted by molar-refractivity contribution is 0.224. The Hall–Kier alpha value is -1.23. The van der Waals surface area contributed by atoms with E-state index in [2.05, 4.69) is 0 Å². The van der Waals surface area contributed by atoms with Crippen LogP contribution in [0.2, 0.25) is 4.34 Å². The average Bonchev–Trinajstić information content (AvgIpc) is 2.75. The predicted molar refractivity (Wildman–Crippen MR) is 70.8 cm³/mol. The van der Waals surface area contributed by atoms with E-state index in [9.17, 15) is 5.11 Å². The zero-order valence-electron chi connectivity index (χ0n) is 9.18. The van der Waals surface area contributed by atoms with Crippen molar-refractivity contribution >= 4 is 28.6 Å². The van der Waals surface area contributed by atoms with Crippen LogP contribution < -0.4 is 10.5 Å². The van der Waals surface area contributed by atoms with Crippen LogP contribution in [0.3, 0.4) is 0 Å². The summed E-state index contributed by atoms with van der Waals surface area (Å²) in [7, 11) is 1.55. The lowest BCUT2D eigenvalue weighted by Gasteiger charge is -2.14. The minimum absolute atomic E-state index is 0.451. The van der Waals surface area contributed by atoms with Gasteiger partial charge in [-0.2, -0.15) is 0 Å². The summed E-state index contributed by atoms with van der Waals surface area (Å²) < 4.78 is 5.76. The van der Waals surface area contributed by atoms with Gasteiger partial charge in [-0.15, -0.1) is 11.3 Å². The zero-order valence-corrected chi connectivity index (χ0v) is 10.8. The highest BCUT2D eigenvalue weighted by Gasteiger charge is 2.17. The molecular weight excluding hydrogens is 258 g/mol. The average molecular weight is 270 g/mol. The first-order valence-electron chi connectivity index (χ1n) is 4.99. The number of nitrogens with two attached hydrogens (primary N) is 1. The second-order valence-electron chi connectivity index (χ2n) is 3.51. The molecule has 0 amide bonds. The summed E-state index contributed by atoms with van der Waals surface area (Å²) in [4.78, 5) is 0.759. The third-order valence-corrected chi connectivity index (χ3v) is 3.76. The number of halogens is 1. The van der Waals surface area contributed by atoms with Gasteiger partial charge < -0.3 is 15.6 Å². The number of methoxy groups -OCH3 is 1. The van der Waals surface area contributed by atoms with E-state index in [4.69, 9.17) is 22.1 Å². The predicted octanol–water partition coefficient (Wildman–Crippen LogP) is 3.07. The van der Waals surface area contributed by atoms with E-state index in [1.54, 1.807) is 37.4 Å². The Morgan fingerprint density at radius 3 is 2.71 bits per heavy atom.